The number of amides is 2. The van der Waals surface area contributed by atoms with E-state index in [2.05, 4.69) is 32.1 Å². The highest BCUT2D eigenvalue weighted by molar-refractivity contribution is 6.06. The van der Waals surface area contributed by atoms with Crippen LogP contribution in [0.2, 0.25) is 0 Å². The molecule has 3 aliphatic rings. The van der Waals surface area contributed by atoms with Crippen molar-refractivity contribution in [2.75, 3.05) is 13.1 Å². The second kappa shape index (κ2) is 4.47. The topological polar surface area (TPSA) is 40.6 Å². The Hall–Kier alpha value is -1.58. The Kier molecular flexibility index (Phi) is 3.00. The average molecular weight is 274 g/mol. The van der Waals surface area contributed by atoms with E-state index in [0.717, 1.165) is 18.4 Å². The molecule has 0 saturated carbocycles. The Morgan fingerprint density at radius 3 is 2.15 bits per heavy atom. The molecule has 2 amide bonds. The normalized spacial score (nSPS) is 29.8. The van der Waals surface area contributed by atoms with Crippen LogP contribution in [0.25, 0.3) is 0 Å². The fraction of sp³-hybridized carbons (Fsp3) is 0.625. The van der Waals surface area contributed by atoms with E-state index in [-0.39, 0.29) is 23.1 Å². The monoisotopic (exact) mass is 274 g/mol. The third-order valence-electron chi connectivity index (χ3n) is 4.54. The van der Waals surface area contributed by atoms with Crippen molar-refractivity contribution in [3.63, 3.8) is 0 Å². The van der Waals surface area contributed by atoms with Gasteiger partial charge in [0.05, 0.1) is 0 Å². The zero-order valence-corrected chi connectivity index (χ0v) is 12.4. The van der Waals surface area contributed by atoms with Crippen LogP contribution in [0.5, 0.6) is 0 Å². The molecule has 0 bridgehead atoms. The molecule has 108 valence electrons. The van der Waals surface area contributed by atoms with Crippen LogP contribution in [0.3, 0.4) is 0 Å². The Morgan fingerprint density at radius 2 is 1.65 bits per heavy atom. The molecular weight excluding hydrogens is 252 g/mol. The Balaban J connectivity index is 1.90. The molecule has 20 heavy (non-hydrogen) atoms. The molecule has 0 aromatic heterocycles. The van der Waals surface area contributed by atoms with Crippen LogP contribution in [0.15, 0.2) is 23.8 Å². The van der Waals surface area contributed by atoms with Crippen LogP contribution in [-0.2, 0) is 9.59 Å². The number of nitrogens with zero attached hydrogens (tertiary/aromatic N) is 2. The molecule has 0 aromatic rings. The SMILES string of the molecule is CC1=CC(C)(C)C=CC1C1C(=O)N2CCCCN2C1=O. The van der Waals surface area contributed by atoms with Gasteiger partial charge in [0.1, 0.15) is 5.92 Å². The van der Waals surface area contributed by atoms with Gasteiger partial charge in [-0.3, -0.25) is 19.6 Å². The first kappa shape index (κ1) is 13.4. The molecule has 2 aliphatic heterocycles. The highest BCUT2D eigenvalue weighted by atomic mass is 16.2. The molecule has 0 N–H and O–H groups in total. The number of carbonyl (C=O) groups excluding carboxylic acids is 2. The molecule has 0 radical (unpaired) electrons. The molecular formula is C16H22N2O2. The first-order valence-corrected chi connectivity index (χ1v) is 7.42. The van der Waals surface area contributed by atoms with Crippen LogP contribution in [0, 0.1) is 17.3 Å². The van der Waals surface area contributed by atoms with E-state index < -0.39 is 5.92 Å². The van der Waals surface area contributed by atoms with Gasteiger partial charge in [0.25, 0.3) is 11.8 Å². The molecule has 0 spiro atoms. The summed E-state index contributed by atoms with van der Waals surface area (Å²) >= 11 is 0. The highest BCUT2D eigenvalue weighted by Gasteiger charge is 2.50. The molecule has 2 heterocycles. The van der Waals surface area contributed by atoms with Gasteiger partial charge in [-0.15, -0.1) is 0 Å². The summed E-state index contributed by atoms with van der Waals surface area (Å²) in [6, 6.07) is 0. The van der Waals surface area contributed by atoms with E-state index >= 15 is 0 Å². The zero-order valence-electron chi connectivity index (χ0n) is 12.4. The molecule has 3 rings (SSSR count). The lowest BCUT2D eigenvalue weighted by molar-refractivity contribution is -0.150. The third-order valence-corrected chi connectivity index (χ3v) is 4.54. The van der Waals surface area contributed by atoms with E-state index in [4.69, 9.17) is 0 Å². The predicted molar refractivity (Wildman–Crippen MR) is 76.3 cm³/mol. The van der Waals surface area contributed by atoms with Gasteiger partial charge in [-0.2, -0.15) is 0 Å². The minimum atomic E-state index is -0.545. The summed E-state index contributed by atoms with van der Waals surface area (Å²) in [6.07, 6.45) is 8.31. The first-order valence-electron chi connectivity index (χ1n) is 7.42. The van der Waals surface area contributed by atoms with Crippen LogP contribution < -0.4 is 0 Å². The number of hydrogen-bond donors (Lipinski definition) is 0. The van der Waals surface area contributed by atoms with Gasteiger partial charge in [-0.05, 0) is 19.8 Å². The summed E-state index contributed by atoms with van der Waals surface area (Å²) in [4.78, 5) is 25.1. The maximum Gasteiger partial charge on any atom is 0.254 e. The summed E-state index contributed by atoms with van der Waals surface area (Å²) in [5.41, 5.74) is 1.14. The number of hydrazine groups is 1. The Labute approximate surface area is 120 Å². The van der Waals surface area contributed by atoms with Crippen molar-refractivity contribution in [3.05, 3.63) is 23.8 Å². The maximum absolute atomic E-state index is 12.6. The molecule has 2 fully saturated rings. The maximum atomic E-state index is 12.6. The summed E-state index contributed by atoms with van der Waals surface area (Å²) in [7, 11) is 0. The lowest BCUT2D eigenvalue weighted by Gasteiger charge is -2.31. The quantitative estimate of drug-likeness (QED) is 0.543. The van der Waals surface area contributed by atoms with Gasteiger partial charge in [0, 0.05) is 24.4 Å². The zero-order chi connectivity index (χ0) is 14.5. The summed E-state index contributed by atoms with van der Waals surface area (Å²) in [5, 5.41) is 3.33. The van der Waals surface area contributed by atoms with Crippen molar-refractivity contribution in [1.29, 1.82) is 0 Å². The van der Waals surface area contributed by atoms with Crippen molar-refractivity contribution in [2.24, 2.45) is 17.3 Å². The average Bonchev–Trinajstić information content (AvgIpc) is 2.63. The predicted octanol–water partition coefficient (Wildman–Crippen LogP) is 2.14. The van der Waals surface area contributed by atoms with Gasteiger partial charge in [0.15, 0.2) is 0 Å². The largest absolute Gasteiger partial charge is 0.272 e. The molecule has 4 nitrogen and oxygen atoms in total. The van der Waals surface area contributed by atoms with Gasteiger partial charge >= 0.3 is 0 Å². The van der Waals surface area contributed by atoms with Crippen molar-refractivity contribution >= 4 is 11.8 Å². The molecule has 2 saturated heterocycles. The highest BCUT2D eigenvalue weighted by Crippen LogP contribution is 2.38. The molecule has 0 aromatic carbocycles. The first-order chi connectivity index (χ1) is 9.41. The number of hydrogen-bond acceptors (Lipinski definition) is 2. The van der Waals surface area contributed by atoms with Crippen molar-refractivity contribution in [2.45, 2.75) is 33.6 Å². The standard InChI is InChI=1S/C16H22N2O2/c1-11-10-16(2,3)7-6-12(11)13-14(19)17-8-4-5-9-18(17)15(13)20/h6-7,10,12-13H,4-5,8-9H2,1-3H3. The van der Waals surface area contributed by atoms with E-state index in [1.54, 1.807) is 10.0 Å². The number of carbonyl (C=O) groups is 2. The second-order valence-electron chi connectivity index (χ2n) is 6.70. The fourth-order valence-corrected chi connectivity index (χ4v) is 3.57. The fourth-order valence-electron chi connectivity index (χ4n) is 3.57. The van der Waals surface area contributed by atoms with Gasteiger partial charge in [-0.1, -0.05) is 37.6 Å². The molecule has 1 atom stereocenters. The van der Waals surface area contributed by atoms with Crippen LogP contribution >= 0.6 is 0 Å². The van der Waals surface area contributed by atoms with Crippen LogP contribution in [0.4, 0.5) is 0 Å². The van der Waals surface area contributed by atoms with Crippen LogP contribution in [-0.4, -0.2) is 34.9 Å². The van der Waals surface area contributed by atoms with Crippen molar-refractivity contribution in [1.82, 2.24) is 10.0 Å². The van der Waals surface area contributed by atoms with Crippen molar-refractivity contribution < 1.29 is 9.59 Å². The Bertz CT molecular complexity index is 495. The van der Waals surface area contributed by atoms with Crippen LogP contribution in [0.1, 0.15) is 33.6 Å². The molecule has 1 aliphatic carbocycles. The molecule has 4 heteroatoms. The van der Waals surface area contributed by atoms with E-state index in [9.17, 15) is 9.59 Å². The number of rotatable bonds is 1. The lowest BCUT2D eigenvalue weighted by Crippen LogP contribution is -2.45. The smallest absolute Gasteiger partial charge is 0.254 e. The summed E-state index contributed by atoms with van der Waals surface area (Å²) in [5.74, 6) is -0.654. The minimum Gasteiger partial charge on any atom is -0.272 e. The summed E-state index contributed by atoms with van der Waals surface area (Å²) in [6.45, 7) is 7.67. The van der Waals surface area contributed by atoms with E-state index in [1.807, 2.05) is 6.92 Å². The number of fused-ring (bicyclic) bond motifs is 1. The van der Waals surface area contributed by atoms with Crippen molar-refractivity contribution in [3.8, 4) is 0 Å². The van der Waals surface area contributed by atoms with Gasteiger partial charge in [0.2, 0.25) is 0 Å². The Morgan fingerprint density at radius 1 is 1.10 bits per heavy atom. The lowest BCUT2D eigenvalue weighted by atomic mass is 9.76. The minimum absolute atomic E-state index is 0.0125. The third kappa shape index (κ3) is 1.98. The molecule has 1 unspecified atom stereocenters. The second-order valence-corrected chi connectivity index (χ2v) is 6.70. The van der Waals surface area contributed by atoms with Gasteiger partial charge in [-0.25, -0.2) is 0 Å². The van der Waals surface area contributed by atoms with E-state index in [1.165, 1.54) is 0 Å². The number of allylic oxidation sites excluding steroid dienone is 4. The van der Waals surface area contributed by atoms with Gasteiger partial charge < -0.3 is 0 Å². The summed E-state index contributed by atoms with van der Waals surface area (Å²) < 4.78 is 0. The van der Waals surface area contributed by atoms with E-state index in [0.29, 0.717) is 13.1 Å².